The van der Waals surface area contributed by atoms with Crippen molar-refractivity contribution in [1.29, 1.82) is 0 Å². The lowest BCUT2D eigenvalue weighted by atomic mass is 10.2. The molecule has 0 radical (unpaired) electrons. The van der Waals surface area contributed by atoms with E-state index in [1.165, 1.54) is 12.1 Å². The summed E-state index contributed by atoms with van der Waals surface area (Å²) < 4.78 is 17.7. The minimum absolute atomic E-state index is 0.118. The summed E-state index contributed by atoms with van der Waals surface area (Å²) in [5.74, 6) is 4.71. The molecule has 0 saturated heterocycles. The van der Waals surface area contributed by atoms with Crippen LogP contribution in [0.4, 0.5) is 9.18 Å². The molecule has 1 rings (SSSR count). The second-order valence-electron chi connectivity index (χ2n) is 4.50. The molecule has 5 heteroatoms. The van der Waals surface area contributed by atoms with Gasteiger partial charge in [-0.3, -0.25) is 0 Å². The monoisotopic (exact) mass is 250 g/mol. The normalized spacial score (nSPS) is 10.2. The Morgan fingerprint density at radius 1 is 1.50 bits per heavy atom. The van der Waals surface area contributed by atoms with Crippen LogP contribution in [-0.2, 0) is 4.74 Å². The first-order valence-corrected chi connectivity index (χ1v) is 5.45. The first-order valence-electron chi connectivity index (χ1n) is 5.45. The molecule has 0 aliphatic rings. The quantitative estimate of drug-likeness (QED) is 0.613. The molecule has 0 saturated carbocycles. The maximum absolute atomic E-state index is 12.7. The van der Waals surface area contributed by atoms with E-state index in [0.717, 1.165) is 0 Å². The standard InChI is InChI=1S/C13H15FN2O2/c1-13(2,3)18-12(17)15-9-5-7-10-6-4-8-11(14)16-10/h4,6,8H,9H2,1-3H3,(H,15,17). The maximum Gasteiger partial charge on any atom is 0.408 e. The highest BCUT2D eigenvalue weighted by molar-refractivity contribution is 5.68. The third-order valence-electron chi connectivity index (χ3n) is 1.65. The van der Waals surface area contributed by atoms with E-state index >= 15 is 0 Å². The molecule has 18 heavy (non-hydrogen) atoms. The molecule has 1 N–H and O–H groups in total. The summed E-state index contributed by atoms with van der Waals surface area (Å²) in [5.41, 5.74) is -0.220. The van der Waals surface area contributed by atoms with Crippen LogP contribution in [0.3, 0.4) is 0 Å². The van der Waals surface area contributed by atoms with E-state index in [1.54, 1.807) is 26.8 Å². The van der Waals surface area contributed by atoms with Gasteiger partial charge in [-0.05, 0) is 38.8 Å². The Labute approximate surface area is 106 Å². The van der Waals surface area contributed by atoms with E-state index in [9.17, 15) is 9.18 Å². The molecule has 1 heterocycles. The van der Waals surface area contributed by atoms with Crippen LogP contribution in [0.5, 0.6) is 0 Å². The van der Waals surface area contributed by atoms with E-state index < -0.39 is 17.6 Å². The van der Waals surface area contributed by atoms with Crippen molar-refractivity contribution in [3.8, 4) is 11.8 Å². The van der Waals surface area contributed by atoms with Crippen LogP contribution in [0.1, 0.15) is 26.5 Å². The number of hydrogen-bond acceptors (Lipinski definition) is 3. The number of alkyl carbamates (subject to hydrolysis) is 1. The van der Waals surface area contributed by atoms with Crippen molar-refractivity contribution in [3.05, 3.63) is 29.8 Å². The molecular weight excluding hydrogens is 235 g/mol. The Morgan fingerprint density at radius 3 is 2.83 bits per heavy atom. The predicted molar refractivity (Wildman–Crippen MR) is 65.3 cm³/mol. The number of halogens is 1. The third-order valence-corrected chi connectivity index (χ3v) is 1.65. The fourth-order valence-electron chi connectivity index (χ4n) is 1.04. The van der Waals surface area contributed by atoms with Gasteiger partial charge >= 0.3 is 6.09 Å². The van der Waals surface area contributed by atoms with Gasteiger partial charge in [0.15, 0.2) is 0 Å². The average molecular weight is 250 g/mol. The Hall–Kier alpha value is -2.09. The number of carbonyl (C=O) groups excluding carboxylic acids is 1. The van der Waals surface area contributed by atoms with Gasteiger partial charge in [0.25, 0.3) is 0 Å². The summed E-state index contributed by atoms with van der Waals surface area (Å²) in [4.78, 5) is 14.8. The van der Waals surface area contributed by atoms with Gasteiger partial charge in [0.05, 0.1) is 6.54 Å². The van der Waals surface area contributed by atoms with Crippen molar-refractivity contribution in [1.82, 2.24) is 10.3 Å². The van der Waals surface area contributed by atoms with Gasteiger partial charge in [-0.15, -0.1) is 0 Å². The van der Waals surface area contributed by atoms with Crippen LogP contribution in [0.25, 0.3) is 0 Å². The Bertz CT molecular complexity index is 484. The van der Waals surface area contributed by atoms with Crippen LogP contribution in [0.2, 0.25) is 0 Å². The fraction of sp³-hybridized carbons (Fsp3) is 0.385. The minimum atomic E-state index is -0.582. The zero-order valence-electron chi connectivity index (χ0n) is 10.6. The zero-order chi connectivity index (χ0) is 13.6. The molecule has 0 atom stereocenters. The molecule has 1 aromatic rings. The topological polar surface area (TPSA) is 51.2 Å². The molecule has 4 nitrogen and oxygen atoms in total. The van der Waals surface area contributed by atoms with Crippen molar-refractivity contribution < 1.29 is 13.9 Å². The van der Waals surface area contributed by atoms with Crippen LogP contribution >= 0.6 is 0 Å². The lowest BCUT2D eigenvalue weighted by Crippen LogP contribution is -2.32. The SMILES string of the molecule is CC(C)(C)OC(=O)NCC#Cc1cccc(F)n1. The Kier molecular flexibility index (Phi) is 4.67. The minimum Gasteiger partial charge on any atom is -0.444 e. The molecule has 0 fully saturated rings. The lowest BCUT2D eigenvalue weighted by Gasteiger charge is -2.18. The highest BCUT2D eigenvalue weighted by Gasteiger charge is 2.14. The Morgan fingerprint density at radius 2 is 2.22 bits per heavy atom. The predicted octanol–water partition coefficient (Wildman–Crippen LogP) is 2.10. The van der Waals surface area contributed by atoms with Gasteiger partial charge in [0.2, 0.25) is 5.95 Å². The molecular formula is C13H15FN2O2. The molecule has 0 spiro atoms. The van der Waals surface area contributed by atoms with E-state index in [4.69, 9.17) is 4.74 Å². The fourth-order valence-corrected chi connectivity index (χ4v) is 1.04. The summed E-state index contributed by atoms with van der Waals surface area (Å²) in [5, 5.41) is 2.47. The molecule has 1 aromatic heterocycles. The molecule has 1 amide bonds. The second-order valence-corrected chi connectivity index (χ2v) is 4.50. The van der Waals surface area contributed by atoms with Crippen LogP contribution in [0, 0.1) is 17.8 Å². The van der Waals surface area contributed by atoms with Crippen LogP contribution < -0.4 is 5.32 Å². The lowest BCUT2D eigenvalue weighted by molar-refractivity contribution is 0.0535. The van der Waals surface area contributed by atoms with Gasteiger partial charge in [0.1, 0.15) is 11.3 Å². The van der Waals surface area contributed by atoms with Crippen molar-refractivity contribution in [2.24, 2.45) is 0 Å². The average Bonchev–Trinajstić information content (AvgIpc) is 2.22. The largest absolute Gasteiger partial charge is 0.444 e. The number of hydrogen-bond donors (Lipinski definition) is 1. The maximum atomic E-state index is 12.7. The molecule has 0 unspecified atom stereocenters. The first-order chi connectivity index (χ1) is 8.37. The van der Waals surface area contributed by atoms with Crippen molar-refractivity contribution in [2.45, 2.75) is 26.4 Å². The number of amides is 1. The molecule has 96 valence electrons. The molecule has 0 aliphatic heterocycles. The Balaban J connectivity index is 2.41. The molecule has 0 bridgehead atoms. The summed E-state index contributed by atoms with van der Waals surface area (Å²) >= 11 is 0. The molecule has 0 aromatic carbocycles. The summed E-state index contributed by atoms with van der Waals surface area (Å²) in [6.07, 6.45) is -0.538. The van der Waals surface area contributed by atoms with E-state index in [2.05, 4.69) is 22.1 Å². The summed E-state index contributed by atoms with van der Waals surface area (Å²) in [6, 6.07) is 4.35. The number of nitrogens with one attached hydrogen (secondary N) is 1. The van der Waals surface area contributed by atoms with Crippen LogP contribution in [-0.4, -0.2) is 23.2 Å². The van der Waals surface area contributed by atoms with Crippen molar-refractivity contribution in [2.75, 3.05) is 6.54 Å². The number of aromatic nitrogens is 1. The zero-order valence-corrected chi connectivity index (χ0v) is 10.6. The van der Waals surface area contributed by atoms with E-state index in [-0.39, 0.29) is 6.54 Å². The summed E-state index contributed by atoms with van der Waals surface area (Å²) in [6.45, 7) is 5.44. The summed E-state index contributed by atoms with van der Waals surface area (Å²) in [7, 11) is 0. The third kappa shape index (κ3) is 5.85. The highest BCUT2D eigenvalue weighted by Crippen LogP contribution is 2.05. The highest BCUT2D eigenvalue weighted by atomic mass is 19.1. The number of pyridine rings is 1. The van der Waals surface area contributed by atoms with Gasteiger partial charge in [-0.2, -0.15) is 4.39 Å². The molecule has 0 aliphatic carbocycles. The van der Waals surface area contributed by atoms with Gasteiger partial charge in [-0.1, -0.05) is 12.0 Å². The van der Waals surface area contributed by atoms with E-state index in [0.29, 0.717) is 5.69 Å². The number of rotatable bonds is 1. The van der Waals surface area contributed by atoms with Crippen LogP contribution in [0.15, 0.2) is 18.2 Å². The number of nitrogens with zero attached hydrogens (tertiary/aromatic N) is 1. The van der Waals surface area contributed by atoms with Crippen molar-refractivity contribution in [3.63, 3.8) is 0 Å². The van der Waals surface area contributed by atoms with Gasteiger partial charge < -0.3 is 10.1 Å². The second kappa shape index (κ2) is 6.01. The van der Waals surface area contributed by atoms with Gasteiger partial charge in [-0.25, -0.2) is 9.78 Å². The number of ether oxygens (including phenoxy) is 1. The smallest absolute Gasteiger partial charge is 0.408 e. The first kappa shape index (κ1) is 14.0. The van der Waals surface area contributed by atoms with Gasteiger partial charge in [0, 0.05) is 0 Å². The van der Waals surface area contributed by atoms with Crippen molar-refractivity contribution >= 4 is 6.09 Å². The number of carbonyl (C=O) groups is 1. The van der Waals surface area contributed by atoms with E-state index in [1.807, 2.05) is 0 Å².